The number of nitrogens with two attached hydrogens (primary N) is 1. The Hall–Kier alpha value is -0.650. The first-order valence-corrected chi connectivity index (χ1v) is 7.32. The fraction of sp³-hybridized carbons (Fsp3) is 0.929. The van der Waals surface area contributed by atoms with E-state index in [1.54, 1.807) is 0 Å². The van der Waals surface area contributed by atoms with Gasteiger partial charge in [0.25, 0.3) is 0 Å². The molecule has 5 heteroatoms. The molecule has 110 valence electrons. The third kappa shape index (κ3) is 4.16. The highest BCUT2D eigenvalue weighted by atomic mass is 16.5. The number of likely N-dealkylation sites (tertiary alicyclic amines) is 1. The molecule has 0 bridgehead atoms. The van der Waals surface area contributed by atoms with E-state index in [2.05, 4.69) is 24.1 Å². The van der Waals surface area contributed by atoms with Gasteiger partial charge in [-0.25, -0.2) is 0 Å². The number of hydrogen-bond donors (Lipinski definition) is 2. The van der Waals surface area contributed by atoms with Crippen molar-refractivity contribution in [2.24, 2.45) is 11.1 Å². The molecule has 2 heterocycles. The van der Waals surface area contributed by atoms with Crippen LogP contribution in [0.4, 0.5) is 0 Å². The number of rotatable bonds is 3. The zero-order valence-electron chi connectivity index (χ0n) is 12.2. The Morgan fingerprint density at radius 1 is 1.37 bits per heavy atom. The molecule has 3 N–H and O–H groups in total. The van der Waals surface area contributed by atoms with Crippen LogP contribution in [0.25, 0.3) is 0 Å². The van der Waals surface area contributed by atoms with E-state index in [4.69, 9.17) is 10.5 Å². The van der Waals surface area contributed by atoms with Crippen LogP contribution in [0.1, 0.15) is 33.1 Å². The molecule has 0 aromatic rings. The Balaban J connectivity index is 1.76. The van der Waals surface area contributed by atoms with E-state index in [1.165, 1.54) is 0 Å². The van der Waals surface area contributed by atoms with Crippen LogP contribution in [0.3, 0.4) is 0 Å². The molecule has 0 aromatic carbocycles. The minimum atomic E-state index is 0.0945. The zero-order valence-corrected chi connectivity index (χ0v) is 12.2. The van der Waals surface area contributed by atoms with Crippen molar-refractivity contribution in [3.8, 4) is 0 Å². The van der Waals surface area contributed by atoms with Crippen LogP contribution in [0.5, 0.6) is 0 Å². The molecule has 0 spiro atoms. The van der Waals surface area contributed by atoms with Crippen molar-refractivity contribution >= 4 is 5.91 Å². The summed E-state index contributed by atoms with van der Waals surface area (Å²) in [5.74, 6) is 0.137. The molecular weight excluding hydrogens is 242 g/mol. The summed E-state index contributed by atoms with van der Waals surface area (Å²) >= 11 is 0. The molecule has 0 radical (unpaired) electrons. The predicted octanol–water partition coefficient (Wildman–Crippen LogP) is 0.341. The number of amides is 1. The van der Waals surface area contributed by atoms with Gasteiger partial charge in [0.05, 0.1) is 6.54 Å². The van der Waals surface area contributed by atoms with Crippen molar-refractivity contribution in [1.29, 1.82) is 0 Å². The van der Waals surface area contributed by atoms with Crippen LogP contribution in [0.15, 0.2) is 0 Å². The monoisotopic (exact) mass is 269 g/mol. The van der Waals surface area contributed by atoms with Crippen molar-refractivity contribution in [1.82, 2.24) is 10.2 Å². The lowest BCUT2D eigenvalue weighted by Gasteiger charge is -2.42. The van der Waals surface area contributed by atoms with Crippen LogP contribution in [0, 0.1) is 5.41 Å². The highest BCUT2D eigenvalue weighted by Gasteiger charge is 2.34. The SMILES string of the molecule is CC1(C)CN(CC(=O)NC2CCOCC2)CCC1N. The molecule has 2 rings (SSSR count). The summed E-state index contributed by atoms with van der Waals surface area (Å²) in [6.45, 7) is 8.20. The van der Waals surface area contributed by atoms with Crippen molar-refractivity contribution in [2.45, 2.75) is 45.2 Å². The largest absolute Gasteiger partial charge is 0.381 e. The summed E-state index contributed by atoms with van der Waals surface area (Å²) in [5.41, 5.74) is 6.21. The Labute approximate surface area is 115 Å². The summed E-state index contributed by atoms with van der Waals surface area (Å²) in [5, 5.41) is 3.11. The molecule has 19 heavy (non-hydrogen) atoms. The van der Waals surface area contributed by atoms with Gasteiger partial charge < -0.3 is 15.8 Å². The van der Waals surface area contributed by atoms with E-state index in [0.717, 1.165) is 45.6 Å². The van der Waals surface area contributed by atoms with E-state index in [-0.39, 0.29) is 17.4 Å². The Kier molecular flexibility index (Phi) is 4.81. The summed E-state index contributed by atoms with van der Waals surface area (Å²) in [4.78, 5) is 14.3. The number of nitrogens with one attached hydrogen (secondary N) is 1. The highest BCUT2D eigenvalue weighted by Crippen LogP contribution is 2.27. The maximum atomic E-state index is 12.0. The second-order valence-electron chi connectivity index (χ2n) is 6.55. The van der Waals surface area contributed by atoms with Crippen LogP contribution in [-0.4, -0.2) is 55.7 Å². The standard InChI is InChI=1S/C14H27N3O2/c1-14(2)10-17(6-3-12(14)15)9-13(18)16-11-4-7-19-8-5-11/h11-12H,3-10,15H2,1-2H3,(H,16,18). The maximum Gasteiger partial charge on any atom is 0.234 e. The van der Waals surface area contributed by atoms with Crippen LogP contribution < -0.4 is 11.1 Å². The summed E-state index contributed by atoms with van der Waals surface area (Å²) < 4.78 is 5.29. The number of carbonyl (C=O) groups is 1. The van der Waals surface area contributed by atoms with Crippen molar-refractivity contribution < 1.29 is 9.53 Å². The minimum absolute atomic E-state index is 0.0945. The molecule has 2 fully saturated rings. The summed E-state index contributed by atoms with van der Waals surface area (Å²) in [7, 11) is 0. The van der Waals surface area contributed by atoms with Crippen molar-refractivity contribution in [2.75, 3.05) is 32.8 Å². The fourth-order valence-electron chi connectivity index (χ4n) is 2.94. The van der Waals surface area contributed by atoms with Gasteiger partial charge in [-0.1, -0.05) is 13.8 Å². The van der Waals surface area contributed by atoms with E-state index < -0.39 is 0 Å². The zero-order chi connectivity index (χ0) is 13.9. The van der Waals surface area contributed by atoms with Gasteiger partial charge in [0, 0.05) is 38.4 Å². The average molecular weight is 269 g/mol. The summed E-state index contributed by atoms with van der Waals surface area (Å²) in [6, 6.07) is 0.531. The first-order valence-electron chi connectivity index (χ1n) is 7.32. The number of piperidine rings is 1. The van der Waals surface area contributed by atoms with E-state index in [0.29, 0.717) is 12.6 Å². The van der Waals surface area contributed by atoms with Crippen molar-refractivity contribution in [3.63, 3.8) is 0 Å². The highest BCUT2D eigenvalue weighted by molar-refractivity contribution is 5.78. The van der Waals surface area contributed by atoms with Gasteiger partial charge in [0.2, 0.25) is 5.91 Å². The maximum absolute atomic E-state index is 12.0. The van der Waals surface area contributed by atoms with Gasteiger partial charge >= 0.3 is 0 Å². The van der Waals surface area contributed by atoms with Crippen LogP contribution >= 0.6 is 0 Å². The quantitative estimate of drug-likeness (QED) is 0.775. The lowest BCUT2D eigenvalue weighted by molar-refractivity contribution is -0.124. The Morgan fingerprint density at radius 3 is 2.68 bits per heavy atom. The fourth-order valence-corrected chi connectivity index (χ4v) is 2.94. The predicted molar refractivity (Wildman–Crippen MR) is 74.8 cm³/mol. The molecule has 2 aliphatic heterocycles. The van der Waals surface area contributed by atoms with E-state index in [9.17, 15) is 4.79 Å². The second kappa shape index (κ2) is 6.20. The van der Waals surface area contributed by atoms with Crippen molar-refractivity contribution in [3.05, 3.63) is 0 Å². The van der Waals surface area contributed by atoms with E-state index >= 15 is 0 Å². The normalized spacial score (nSPS) is 29.1. The first-order chi connectivity index (χ1) is 8.97. The Morgan fingerprint density at radius 2 is 2.05 bits per heavy atom. The molecule has 1 atom stereocenters. The van der Waals surface area contributed by atoms with Gasteiger partial charge in [-0.3, -0.25) is 9.69 Å². The lowest BCUT2D eigenvalue weighted by Crippen LogP contribution is -2.54. The third-order valence-corrected chi connectivity index (χ3v) is 4.34. The number of nitrogens with zero attached hydrogens (tertiary/aromatic N) is 1. The number of carbonyl (C=O) groups excluding carboxylic acids is 1. The smallest absolute Gasteiger partial charge is 0.234 e. The molecule has 0 saturated carbocycles. The second-order valence-corrected chi connectivity index (χ2v) is 6.55. The first kappa shape index (κ1) is 14.8. The lowest BCUT2D eigenvalue weighted by atomic mass is 9.80. The molecule has 1 unspecified atom stereocenters. The van der Waals surface area contributed by atoms with Gasteiger partial charge in [-0.05, 0) is 24.7 Å². The van der Waals surface area contributed by atoms with Gasteiger partial charge in [-0.2, -0.15) is 0 Å². The number of hydrogen-bond acceptors (Lipinski definition) is 4. The van der Waals surface area contributed by atoms with Gasteiger partial charge in [0.15, 0.2) is 0 Å². The van der Waals surface area contributed by atoms with Gasteiger partial charge in [0.1, 0.15) is 0 Å². The van der Waals surface area contributed by atoms with Crippen LogP contribution in [-0.2, 0) is 9.53 Å². The molecule has 1 amide bonds. The molecular formula is C14H27N3O2. The van der Waals surface area contributed by atoms with E-state index in [1.807, 2.05) is 0 Å². The van der Waals surface area contributed by atoms with Crippen LogP contribution in [0.2, 0.25) is 0 Å². The third-order valence-electron chi connectivity index (χ3n) is 4.34. The van der Waals surface area contributed by atoms with Gasteiger partial charge in [-0.15, -0.1) is 0 Å². The number of ether oxygens (including phenoxy) is 1. The molecule has 0 aliphatic carbocycles. The average Bonchev–Trinajstić information content (AvgIpc) is 2.34. The molecule has 0 aromatic heterocycles. The topological polar surface area (TPSA) is 67.6 Å². The molecule has 5 nitrogen and oxygen atoms in total. The molecule has 2 saturated heterocycles. The molecule has 2 aliphatic rings. The summed E-state index contributed by atoms with van der Waals surface area (Å²) in [6.07, 6.45) is 2.84. The minimum Gasteiger partial charge on any atom is -0.381 e. The Bertz CT molecular complexity index is 314.